The average molecular weight is 243 g/mol. The second-order valence-corrected chi connectivity index (χ2v) is 5.89. The molecule has 0 saturated carbocycles. The van der Waals surface area contributed by atoms with E-state index in [-0.39, 0.29) is 0 Å². The van der Waals surface area contributed by atoms with E-state index < -0.39 is 16.1 Å². The lowest BCUT2D eigenvalue weighted by Gasteiger charge is -2.16. The predicted molar refractivity (Wildman–Crippen MR) is 63.5 cm³/mol. The van der Waals surface area contributed by atoms with Crippen LogP contribution in [0.15, 0.2) is 30.3 Å². The lowest BCUT2D eigenvalue weighted by atomic mass is 10.1. The van der Waals surface area contributed by atoms with Gasteiger partial charge in [0, 0.05) is 13.6 Å². The third kappa shape index (κ3) is 3.92. The van der Waals surface area contributed by atoms with E-state index in [1.807, 2.05) is 30.3 Å². The molecule has 0 spiro atoms. The van der Waals surface area contributed by atoms with Gasteiger partial charge in [0.2, 0.25) is 10.0 Å². The van der Waals surface area contributed by atoms with Crippen LogP contribution < -0.4 is 0 Å². The van der Waals surface area contributed by atoms with Crippen molar-refractivity contribution in [3.8, 4) is 0 Å². The van der Waals surface area contributed by atoms with Gasteiger partial charge in [0.15, 0.2) is 0 Å². The van der Waals surface area contributed by atoms with Gasteiger partial charge in [-0.15, -0.1) is 0 Å². The maximum atomic E-state index is 11.1. The van der Waals surface area contributed by atoms with Crippen LogP contribution in [0.4, 0.5) is 0 Å². The molecule has 0 aromatic heterocycles. The third-order valence-corrected chi connectivity index (χ3v) is 3.78. The number of nitrogens with zero attached hydrogens (tertiary/aromatic N) is 1. The van der Waals surface area contributed by atoms with Crippen LogP contribution in [-0.2, 0) is 10.0 Å². The molecule has 0 aliphatic heterocycles. The van der Waals surface area contributed by atoms with E-state index in [0.29, 0.717) is 13.0 Å². The van der Waals surface area contributed by atoms with Gasteiger partial charge in [-0.25, -0.2) is 12.7 Å². The van der Waals surface area contributed by atoms with E-state index >= 15 is 0 Å². The Morgan fingerprint density at radius 2 is 1.88 bits per heavy atom. The van der Waals surface area contributed by atoms with Gasteiger partial charge in [-0.2, -0.15) is 0 Å². The summed E-state index contributed by atoms with van der Waals surface area (Å²) in [5.74, 6) is 0. The first kappa shape index (κ1) is 13.2. The number of sulfonamides is 1. The van der Waals surface area contributed by atoms with Crippen LogP contribution in [0.3, 0.4) is 0 Å². The zero-order valence-electron chi connectivity index (χ0n) is 9.50. The molecule has 90 valence electrons. The van der Waals surface area contributed by atoms with Crippen LogP contribution in [0.2, 0.25) is 0 Å². The van der Waals surface area contributed by atoms with E-state index in [1.54, 1.807) is 0 Å². The molecule has 1 atom stereocenters. The average Bonchev–Trinajstić information content (AvgIpc) is 2.25. The van der Waals surface area contributed by atoms with Crippen LogP contribution >= 0.6 is 0 Å². The molecule has 16 heavy (non-hydrogen) atoms. The minimum absolute atomic E-state index is 0.314. The first-order valence-corrected chi connectivity index (χ1v) is 6.90. The Labute approximate surface area is 96.6 Å². The number of hydrogen-bond donors (Lipinski definition) is 1. The second-order valence-electron chi connectivity index (χ2n) is 3.80. The molecular weight excluding hydrogens is 226 g/mol. The highest BCUT2D eigenvalue weighted by atomic mass is 32.2. The van der Waals surface area contributed by atoms with Crippen LogP contribution in [-0.4, -0.2) is 37.7 Å². The monoisotopic (exact) mass is 243 g/mol. The molecule has 0 amide bonds. The standard InChI is InChI=1S/C11H17NO3S/c1-12(16(2,14)15)9-8-11(13)10-6-4-3-5-7-10/h3-7,11,13H,8-9H2,1-2H3/t11-/m0/s1. The quantitative estimate of drug-likeness (QED) is 0.839. The van der Waals surface area contributed by atoms with E-state index in [9.17, 15) is 13.5 Å². The fraction of sp³-hybridized carbons (Fsp3) is 0.455. The van der Waals surface area contributed by atoms with Gasteiger partial charge in [-0.1, -0.05) is 30.3 Å². The summed E-state index contributed by atoms with van der Waals surface area (Å²) in [4.78, 5) is 0. The summed E-state index contributed by atoms with van der Waals surface area (Å²) in [6.45, 7) is 0.314. The SMILES string of the molecule is CN(CC[C@H](O)c1ccccc1)S(C)(=O)=O. The van der Waals surface area contributed by atoms with Gasteiger partial charge in [-0.3, -0.25) is 0 Å². The van der Waals surface area contributed by atoms with Crippen LogP contribution in [0.25, 0.3) is 0 Å². The number of aliphatic hydroxyl groups is 1. The van der Waals surface area contributed by atoms with Crippen molar-refractivity contribution in [3.63, 3.8) is 0 Å². The largest absolute Gasteiger partial charge is 0.388 e. The number of benzene rings is 1. The Kier molecular flexibility index (Phi) is 4.46. The highest BCUT2D eigenvalue weighted by Gasteiger charge is 2.13. The van der Waals surface area contributed by atoms with E-state index in [1.165, 1.54) is 11.4 Å². The van der Waals surface area contributed by atoms with Gasteiger partial charge >= 0.3 is 0 Å². The Balaban J connectivity index is 2.51. The zero-order valence-corrected chi connectivity index (χ0v) is 10.3. The van der Waals surface area contributed by atoms with Crippen molar-refractivity contribution in [3.05, 3.63) is 35.9 Å². The van der Waals surface area contributed by atoms with Gasteiger partial charge in [0.05, 0.1) is 12.4 Å². The summed E-state index contributed by atoms with van der Waals surface area (Å²) in [6.07, 6.45) is 0.931. The summed E-state index contributed by atoms with van der Waals surface area (Å²) in [5.41, 5.74) is 0.810. The van der Waals surface area contributed by atoms with Crippen LogP contribution in [0.1, 0.15) is 18.1 Å². The summed E-state index contributed by atoms with van der Waals surface area (Å²) in [7, 11) is -1.65. The molecule has 1 aromatic carbocycles. The molecule has 0 saturated heterocycles. The summed E-state index contributed by atoms with van der Waals surface area (Å²) in [6, 6.07) is 9.22. The Morgan fingerprint density at radius 1 is 1.31 bits per heavy atom. The summed E-state index contributed by atoms with van der Waals surface area (Å²) >= 11 is 0. The van der Waals surface area contributed by atoms with Crippen molar-refractivity contribution in [2.24, 2.45) is 0 Å². The molecule has 1 N–H and O–H groups in total. The number of hydrogen-bond acceptors (Lipinski definition) is 3. The van der Waals surface area contributed by atoms with Crippen molar-refractivity contribution in [1.82, 2.24) is 4.31 Å². The number of rotatable bonds is 5. The molecule has 0 fully saturated rings. The summed E-state index contributed by atoms with van der Waals surface area (Å²) in [5, 5.41) is 9.81. The molecule has 1 aromatic rings. The highest BCUT2D eigenvalue weighted by molar-refractivity contribution is 7.88. The van der Waals surface area contributed by atoms with E-state index in [2.05, 4.69) is 0 Å². The lowest BCUT2D eigenvalue weighted by molar-refractivity contribution is 0.160. The van der Waals surface area contributed by atoms with Gasteiger partial charge in [0.25, 0.3) is 0 Å². The van der Waals surface area contributed by atoms with Gasteiger partial charge in [-0.05, 0) is 12.0 Å². The van der Waals surface area contributed by atoms with Crippen molar-refractivity contribution in [1.29, 1.82) is 0 Å². The van der Waals surface area contributed by atoms with Gasteiger partial charge < -0.3 is 5.11 Å². The minimum Gasteiger partial charge on any atom is -0.388 e. The van der Waals surface area contributed by atoms with Crippen LogP contribution in [0.5, 0.6) is 0 Å². The zero-order chi connectivity index (χ0) is 12.2. The molecule has 4 nitrogen and oxygen atoms in total. The maximum absolute atomic E-state index is 11.1. The fourth-order valence-electron chi connectivity index (χ4n) is 1.31. The Morgan fingerprint density at radius 3 is 2.38 bits per heavy atom. The Bertz CT molecular complexity index is 416. The molecular formula is C11H17NO3S. The Hall–Kier alpha value is -0.910. The smallest absolute Gasteiger partial charge is 0.210 e. The van der Waals surface area contributed by atoms with Crippen molar-refractivity contribution in [2.75, 3.05) is 19.8 Å². The molecule has 5 heteroatoms. The first-order chi connectivity index (χ1) is 7.41. The normalized spacial score (nSPS) is 14.0. The topological polar surface area (TPSA) is 57.6 Å². The molecule has 0 bridgehead atoms. The van der Waals surface area contributed by atoms with E-state index in [4.69, 9.17) is 0 Å². The van der Waals surface area contributed by atoms with Crippen molar-refractivity contribution < 1.29 is 13.5 Å². The molecule has 0 aliphatic rings. The molecule has 0 radical (unpaired) electrons. The van der Waals surface area contributed by atoms with Crippen LogP contribution in [0, 0.1) is 0 Å². The molecule has 1 rings (SSSR count). The highest BCUT2D eigenvalue weighted by Crippen LogP contribution is 2.16. The first-order valence-electron chi connectivity index (χ1n) is 5.05. The third-order valence-electron chi connectivity index (χ3n) is 2.47. The summed E-state index contributed by atoms with van der Waals surface area (Å²) < 4.78 is 23.5. The van der Waals surface area contributed by atoms with Crippen molar-refractivity contribution >= 4 is 10.0 Å². The molecule has 0 heterocycles. The van der Waals surface area contributed by atoms with Gasteiger partial charge in [0.1, 0.15) is 0 Å². The van der Waals surface area contributed by atoms with Crippen molar-refractivity contribution in [2.45, 2.75) is 12.5 Å². The second kappa shape index (κ2) is 5.43. The lowest BCUT2D eigenvalue weighted by Crippen LogP contribution is -2.27. The minimum atomic E-state index is -3.16. The molecule has 0 unspecified atom stereocenters. The predicted octanol–water partition coefficient (Wildman–Crippen LogP) is 1.00. The molecule has 0 aliphatic carbocycles. The van der Waals surface area contributed by atoms with E-state index in [0.717, 1.165) is 11.8 Å². The maximum Gasteiger partial charge on any atom is 0.210 e. The fourth-order valence-corrected chi connectivity index (χ4v) is 1.75. The number of aliphatic hydroxyl groups excluding tert-OH is 1.